The Morgan fingerprint density at radius 1 is 1.09 bits per heavy atom. The summed E-state index contributed by atoms with van der Waals surface area (Å²) in [7, 11) is 0.243. The number of anilines is 3. The molecule has 1 unspecified atom stereocenters. The molecule has 5 heterocycles. The highest BCUT2D eigenvalue weighted by molar-refractivity contribution is 7.89. The first kappa shape index (κ1) is 31.8. The summed E-state index contributed by atoms with van der Waals surface area (Å²) in [5.74, 6) is 0.592. The van der Waals surface area contributed by atoms with Gasteiger partial charge in [0, 0.05) is 38.8 Å². The number of piperidine rings is 1. The zero-order valence-corrected chi connectivity index (χ0v) is 28.3. The Hall–Kier alpha value is -3.16. The van der Waals surface area contributed by atoms with E-state index in [0.717, 1.165) is 60.6 Å². The molecule has 0 spiro atoms. The number of imidazole rings is 1. The van der Waals surface area contributed by atoms with Crippen molar-refractivity contribution < 1.29 is 12.8 Å². The molecule has 2 aliphatic heterocycles. The van der Waals surface area contributed by atoms with Gasteiger partial charge < -0.3 is 14.7 Å². The fourth-order valence-corrected chi connectivity index (χ4v) is 9.37. The average molecular weight is 672 g/mol. The number of thiazole rings is 1. The molecule has 2 saturated heterocycles. The number of likely N-dealkylation sites (N-methyl/N-ethyl adjacent to an activating group) is 1. The van der Waals surface area contributed by atoms with Crippen molar-refractivity contribution in [2.75, 3.05) is 62.4 Å². The van der Waals surface area contributed by atoms with Crippen molar-refractivity contribution in [1.29, 1.82) is 5.26 Å². The molecule has 4 aromatic rings. The van der Waals surface area contributed by atoms with Crippen LogP contribution in [0.3, 0.4) is 0 Å². The van der Waals surface area contributed by atoms with Gasteiger partial charge in [0.15, 0.2) is 10.9 Å². The molecule has 11 nitrogen and oxygen atoms in total. The van der Waals surface area contributed by atoms with Gasteiger partial charge in [0.25, 0.3) is 0 Å². The Labute approximate surface area is 271 Å². The van der Waals surface area contributed by atoms with Crippen molar-refractivity contribution in [3.05, 3.63) is 40.7 Å². The Morgan fingerprint density at radius 3 is 2.56 bits per heavy atom. The van der Waals surface area contributed by atoms with Crippen molar-refractivity contribution in [3.63, 3.8) is 0 Å². The number of halogens is 1. The Bertz CT molecular complexity index is 1790. The SMILES string of the molecule is CCc1nc2sc(N3CCCC(N(C)S(=O)(=O)CCCN4CCCC4)C3)nn2c1N(C)c1nc(-c2ccc(F)cc2)c(C#N)s1. The largest absolute Gasteiger partial charge is 0.345 e. The lowest BCUT2D eigenvalue weighted by Crippen LogP contribution is -2.49. The molecule has 0 saturated carbocycles. The maximum atomic E-state index is 13.5. The summed E-state index contributed by atoms with van der Waals surface area (Å²) in [5, 5.41) is 16.2. The number of nitriles is 1. The monoisotopic (exact) mass is 671 g/mol. The number of aryl methyl sites for hydroxylation is 1. The molecule has 3 aromatic heterocycles. The summed E-state index contributed by atoms with van der Waals surface area (Å²) in [6, 6.07) is 8.08. The van der Waals surface area contributed by atoms with Crippen molar-refractivity contribution in [2.45, 2.75) is 51.5 Å². The van der Waals surface area contributed by atoms with Crippen LogP contribution in [-0.4, -0.2) is 95.8 Å². The van der Waals surface area contributed by atoms with Crippen molar-refractivity contribution in [3.8, 4) is 17.3 Å². The van der Waals surface area contributed by atoms with Gasteiger partial charge in [0.2, 0.25) is 20.1 Å². The molecule has 15 heteroatoms. The predicted molar refractivity (Wildman–Crippen MR) is 178 cm³/mol. The summed E-state index contributed by atoms with van der Waals surface area (Å²) in [5.41, 5.74) is 2.04. The standard InChI is InChI=1S/C30H38FN9O2S3/c1-4-24-27(36(2)28-34-26(25(19-32)43-28)21-10-12-22(31)13-11-21)40-29(33-24)44-30(35-40)39-17-7-9-23(20-39)37(3)45(41,42)18-8-16-38-14-5-6-15-38/h10-13,23H,4-9,14-18,20H2,1-3H3. The summed E-state index contributed by atoms with van der Waals surface area (Å²) in [4.78, 5) is 17.3. The zero-order valence-electron chi connectivity index (χ0n) is 25.8. The molecule has 6 rings (SSSR count). The van der Waals surface area contributed by atoms with E-state index in [-0.39, 0.29) is 17.6 Å². The van der Waals surface area contributed by atoms with Crippen LogP contribution in [-0.2, 0) is 16.4 Å². The molecule has 0 N–H and O–H groups in total. The van der Waals surface area contributed by atoms with Crippen LogP contribution in [0, 0.1) is 17.1 Å². The third kappa shape index (κ3) is 6.57. The van der Waals surface area contributed by atoms with Gasteiger partial charge in [-0.2, -0.15) is 9.78 Å². The molecule has 45 heavy (non-hydrogen) atoms. The van der Waals surface area contributed by atoms with Crippen LogP contribution in [0.25, 0.3) is 16.2 Å². The Balaban J connectivity index is 1.21. The molecule has 1 aromatic carbocycles. The lowest BCUT2D eigenvalue weighted by Gasteiger charge is -2.36. The maximum Gasteiger partial charge on any atom is 0.216 e. The number of hydrogen-bond acceptors (Lipinski definition) is 11. The smallest absolute Gasteiger partial charge is 0.216 e. The molecule has 0 radical (unpaired) electrons. The topological polar surface area (TPSA) is 114 Å². The van der Waals surface area contributed by atoms with E-state index in [9.17, 15) is 18.1 Å². The van der Waals surface area contributed by atoms with Gasteiger partial charge in [-0.1, -0.05) is 29.6 Å². The van der Waals surface area contributed by atoms with Gasteiger partial charge in [-0.15, -0.1) is 5.10 Å². The number of hydrogen-bond donors (Lipinski definition) is 0. The van der Waals surface area contributed by atoms with Crippen LogP contribution < -0.4 is 9.80 Å². The van der Waals surface area contributed by atoms with E-state index >= 15 is 0 Å². The third-order valence-corrected chi connectivity index (χ3v) is 12.7. The normalized spacial score (nSPS) is 17.9. The second-order valence-corrected chi connectivity index (χ2v) is 15.7. The summed E-state index contributed by atoms with van der Waals surface area (Å²) < 4.78 is 43.4. The minimum atomic E-state index is -3.36. The molecular formula is C30H38FN9O2S3. The third-order valence-electron chi connectivity index (χ3n) is 8.71. The number of likely N-dealkylation sites (tertiary alicyclic amines) is 1. The van der Waals surface area contributed by atoms with Crippen LogP contribution in [0.15, 0.2) is 24.3 Å². The highest BCUT2D eigenvalue weighted by Gasteiger charge is 2.32. The first-order chi connectivity index (χ1) is 21.7. The van der Waals surface area contributed by atoms with Crippen molar-refractivity contribution >= 4 is 53.7 Å². The van der Waals surface area contributed by atoms with Crippen LogP contribution in [0.4, 0.5) is 20.5 Å². The number of aromatic nitrogens is 4. The molecule has 0 aliphatic carbocycles. The van der Waals surface area contributed by atoms with E-state index in [2.05, 4.69) is 15.9 Å². The Morgan fingerprint density at radius 2 is 1.84 bits per heavy atom. The molecule has 1 atom stereocenters. The van der Waals surface area contributed by atoms with Crippen LogP contribution >= 0.6 is 22.7 Å². The average Bonchev–Trinajstić information content (AvgIpc) is 3.84. The number of fused-ring (bicyclic) bond motifs is 1. The first-order valence-electron chi connectivity index (χ1n) is 15.4. The highest BCUT2D eigenvalue weighted by atomic mass is 32.2. The van der Waals surface area contributed by atoms with E-state index in [0.29, 0.717) is 40.7 Å². The second-order valence-electron chi connectivity index (χ2n) is 11.6. The minimum absolute atomic E-state index is 0.121. The molecule has 2 fully saturated rings. The van der Waals surface area contributed by atoms with Crippen molar-refractivity contribution in [2.24, 2.45) is 0 Å². The molecule has 240 valence electrons. The fourth-order valence-electron chi connectivity index (χ4n) is 6.17. The van der Waals surface area contributed by atoms with Gasteiger partial charge >= 0.3 is 0 Å². The fraction of sp³-hybridized carbons (Fsp3) is 0.533. The Kier molecular flexibility index (Phi) is 9.39. The van der Waals surface area contributed by atoms with E-state index in [1.54, 1.807) is 23.5 Å². The lowest BCUT2D eigenvalue weighted by atomic mass is 10.1. The number of nitrogens with zero attached hydrogens (tertiary/aromatic N) is 9. The number of rotatable bonds is 11. The minimum Gasteiger partial charge on any atom is -0.345 e. The van der Waals surface area contributed by atoms with Gasteiger partial charge in [-0.05, 0) is 82.4 Å². The van der Waals surface area contributed by atoms with Crippen LogP contribution in [0.5, 0.6) is 0 Å². The van der Waals surface area contributed by atoms with Crippen LogP contribution in [0.1, 0.15) is 49.6 Å². The molecule has 0 amide bonds. The molecule has 2 aliphatic rings. The molecular weight excluding hydrogens is 634 g/mol. The maximum absolute atomic E-state index is 13.5. The van der Waals surface area contributed by atoms with Gasteiger partial charge in [0.05, 0.1) is 11.4 Å². The zero-order chi connectivity index (χ0) is 31.7. The summed E-state index contributed by atoms with van der Waals surface area (Å²) >= 11 is 2.75. The van der Waals surface area contributed by atoms with E-state index in [4.69, 9.17) is 15.1 Å². The van der Waals surface area contributed by atoms with E-state index < -0.39 is 10.0 Å². The second kappa shape index (κ2) is 13.3. The number of sulfonamides is 1. The van der Waals surface area contributed by atoms with E-state index in [1.165, 1.54) is 47.6 Å². The number of benzene rings is 1. The first-order valence-corrected chi connectivity index (χ1v) is 18.6. The lowest BCUT2D eigenvalue weighted by molar-refractivity contribution is 0.315. The van der Waals surface area contributed by atoms with Gasteiger partial charge in [-0.25, -0.2) is 27.1 Å². The van der Waals surface area contributed by atoms with Crippen molar-refractivity contribution in [1.82, 2.24) is 28.8 Å². The van der Waals surface area contributed by atoms with E-state index in [1.807, 2.05) is 23.4 Å². The summed E-state index contributed by atoms with van der Waals surface area (Å²) in [6.45, 7) is 6.39. The summed E-state index contributed by atoms with van der Waals surface area (Å²) in [6.07, 6.45) is 5.43. The highest BCUT2D eigenvalue weighted by Crippen LogP contribution is 2.38. The molecule has 0 bridgehead atoms. The van der Waals surface area contributed by atoms with Gasteiger partial charge in [-0.3, -0.25) is 0 Å². The predicted octanol–water partition coefficient (Wildman–Crippen LogP) is 4.97. The quantitative estimate of drug-likeness (QED) is 0.218. The van der Waals surface area contributed by atoms with Crippen LogP contribution in [0.2, 0.25) is 0 Å². The van der Waals surface area contributed by atoms with Gasteiger partial charge in [0.1, 0.15) is 22.5 Å².